The molecule has 0 aromatic carbocycles. The molecule has 0 fully saturated rings. The first-order chi connectivity index (χ1) is 7.78. The Morgan fingerprint density at radius 2 is 1.94 bits per heavy atom. The van der Waals surface area contributed by atoms with Crippen LogP contribution in [-0.2, 0) is 0 Å². The molecule has 16 heavy (non-hydrogen) atoms. The molecule has 0 aliphatic rings. The van der Waals surface area contributed by atoms with E-state index in [1.807, 2.05) is 37.3 Å². The maximum Gasteiger partial charge on any atom is 0.0380 e. The van der Waals surface area contributed by atoms with Gasteiger partial charge in [-0.2, -0.15) is 0 Å². The maximum atomic E-state index is 3.77. The fourth-order valence-corrected chi connectivity index (χ4v) is 1.04. The molecule has 0 amide bonds. The van der Waals surface area contributed by atoms with Crippen molar-refractivity contribution in [2.45, 2.75) is 20.3 Å². The van der Waals surface area contributed by atoms with Gasteiger partial charge in [0.25, 0.3) is 0 Å². The average Bonchev–Trinajstić information content (AvgIpc) is 2.31. The molecular formula is C15H21N. The van der Waals surface area contributed by atoms with Gasteiger partial charge in [-0.05, 0) is 37.6 Å². The number of allylic oxidation sites excluding steroid dienone is 8. The average molecular weight is 215 g/mol. The SMILES string of the molecule is C=C/C=C(\C=C/CC)N/C(C=C)=C/C=C\C. The number of hydrogen-bond acceptors (Lipinski definition) is 1. The van der Waals surface area contributed by atoms with E-state index >= 15 is 0 Å². The second-order valence-electron chi connectivity index (χ2n) is 3.15. The van der Waals surface area contributed by atoms with Crippen LogP contribution < -0.4 is 5.32 Å². The molecule has 0 radical (unpaired) electrons. The quantitative estimate of drug-likeness (QED) is 0.626. The summed E-state index contributed by atoms with van der Waals surface area (Å²) in [4.78, 5) is 0. The van der Waals surface area contributed by atoms with Crippen LogP contribution in [0.1, 0.15) is 20.3 Å². The molecule has 0 unspecified atom stereocenters. The molecule has 0 heterocycles. The van der Waals surface area contributed by atoms with Crippen molar-refractivity contribution in [1.82, 2.24) is 5.32 Å². The number of hydrogen-bond donors (Lipinski definition) is 1. The summed E-state index contributed by atoms with van der Waals surface area (Å²) in [6, 6.07) is 0. The molecule has 0 saturated heterocycles. The van der Waals surface area contributed by atoms with Gasteiger partial charge in [-0.15, -0.1) is 0 Å². The minimum atomic E-state index is 0.965. The maximum absolute atomic E-state index is 3.77. The van der Waals surface area contributed by atoms with Crippen molar-refractivity contribution in [3.8, 4) is 0 Å². The van der Waals surface area contributed by atoms with Crippen LogP contribution in [0.5, 0.6) is 0 Å². The second-order valence-corrected chi connectivity index (χ2v) is 3.15. The third kappa shape index (κ3) is 6.66. The molecule has 0 rings (SSSR count). The minimum Gasteiger partial charge on any atom is -0.356 e. The van der Waals surface area contributed by atoms with E-state index in [-0.39, 0.29) is 0 Å². The van der Waals surface area contributed by atoms with E-state index in [0.717, 1.165) is 17.8 Å². The number of nitrogens with one attached hydrogen (secondary N) is 1. The summed E-state index contributed by atoms with van der Waals surface area (Å²) in [7, 11) is 0. The zero-order valence-electron chi connectivity index (χ0n) is 10.2. The van der Waals surface area contributed by atoms with E-state index in [1.54, 1.807) is 12.2 Å². The minimum absolute atomic E-state index is 0.965. The standard InChI is InChI=1S/C15H21N/c1-5-9-12-14(8-4)16-15(11-7-3)13-10-6-2/h5,7-13,16H,3-4,6H2,1-2H3/b9-5-,13-10-,14-12+,15-11+. The number of rotatable bonds is 7. The Morgan fingerprint density at radius 1 is 1.19 bits per heavy atom. The lowest BCUT2D eigenvalue weighted by atomic mass is 10.3. The lowest BCUT2D eigenvalue weighted by Gasteiger charge is -2.06. The van der Waals surface area contributed by atoms with Crippen molar-refractivity contribution < 1.29 is 0 Å². The summed E-state index contributed by atoms with van der Waals surface area (Å²) in [6.07, 6.45) is 16.5. The molecule has 1 nitrogen and oxygen atoms in total. The molecule has 1 N–H and O–H groups in total. The molecule has 0 aromatic heterocycles. The zero-order chi connectivity index (χ0) is 12.2. The van der Waals surface area contributed by atoms with Gasteiger partial charge < -0.3 is 5.32 Å². The van der Waals surface area contributed by atoms with Crippen LogP contribution in [0.25, 0.3) is 0 Å². The predicted octanol–water partition coefficient (Wildman–Crippen LogP) is 4.26. The monoisotopic (exact) mass is 215 g/mol. The van der Waals surface area contributed by atoms with E-state index in [2.05, 4.69) is 31.5 Å². The Morgan fingerprint density at radius 3 is 2.44 bits per heavy atom. The first-order valence-corrected chi connectivity index (χ1v) is 5.50. The fourth-order valence-electron chi connectivity index (χ4n) is 1.04. The first-order valence-electron chi connectivity index (χ1n) is 5.50. The van der Waals surface area contributed by atoms with Crippen molar-refractivity contribution in [3.63, 3.8) is 0 Å². The molecule has 86 valence electrons. The van der Waals surface area contributed by atoms with E-state index in [0.29, 0.717) is 0 Å². The summed E-state index contributed by atoms with van der Waals surface area (Å²) in [5, 5.41) is 3.27. The van der Waals surface area contributed by atoms with Crippen LogP contribution in [0.3, 0.4) is 0 Å². The van der Waals surface area contributed by atoms with Crippen LogP contribution in [0, 0.1) is 0 Å². The molecule has 0 aromatic rings. The lowest BCUT2D eigenvalue weighted by molar-refractivity contribution is 1.04. The highest BCUT2D eigenvalue weighted by molar-refractivity contribution is 5.30. The van der Waals surface area contributed by atoms with Gasteiger partial charge in [0.15, 0.2) is 0 Å². The smallest absolute Gasteiger partial charge is 0.0380 e. The Balaban J connectivity index is 4.72. The van der Waals surface area contributed by atoms with Gasteiger partial charge >= 0.3 is 0 Å². The Kier molecular flexibility index (Phi) is 8.71. The van der Waals surface area contributed by atoms with Crippen LogP contribution >= 0.6 is 0 Å². The van der Waals surface area contributed by atoms with Crippen LogP contribution in [0.15, 0.2) is 73.2 Å². The van der Waals surface area contributed by atoms with Crippen LogP contribution in [0.4, 0.5) is 0 Å². The van der Waals surface area contributed by atoms with E-state index in [4.69, 9.17) is 0 Å². The molecule has 0 atom stereocenters. The first kappa shape index (κ1) is 14.2. The van der Waals surface area contributed by atoms with E-state index in [1.165, 1.54) is 0 Å². The van der Waals surface area contributed by atoms with Gasteiger partial charge in [0.05, 0.1) is 0 Å². The van der Waals surface area contributed by atoms with Crippen molar-refractivity contribution in [3.05, 3.63) is 73.2 Å². The van der Waals surface area contributed by atoms with Crippen molar-refractivity contribution >= 4 is 0 Å². The molecule has 0 spiro atoms. The van der Waals surface area contributed by atoms with Crippen LogP contribution in [-0.4, -0.2) is 0 Å². The summed E-state index contributed by atoms with van der Waals surface area (Å²) < 4.78 is 0. The highest BCUT2D eigenvalue weighted by Crippen LogP contribution is 2.01. The Labute approximate surface area is 99.3 Å². The summed E-state index contributed by atoms with van der Waals surface area (Å²) in [5.41, 5.74) is 1.97. The highest BCUT2D eigenvalue weighted by Gasteiger charge is 1.91. The molecule has 0 aliphatic carbocycles. The molecule has 0 aliphatic heterocycles. The van der Waals surface area contributed by atoms with Crippen molar-refractivity contribution in [2.75, 3.05) is 0 Å². The molecule has 0 saturated carbocycles. The second kappa shape index (κ2) is 9.78. The predicted molar refractivity (Wildman–Crippen MR) is 73.9 cm³/mol. The molecule has 0 bridgehead atoms. The van der Waals surface area contributed by atoms with Gasteiger partial charge in [-0.25, -0.2) is 0 Å². The van der Waals surface area contributed by atoms with Crippen LogP contribution in [0.2, 0.25) is 0 Å². The summed E-state index contributed by atoms with van der Waals surface area (Å²) in [5.74, 6) is 0. The topological polar surface area (TPSA) is 12.0 Å². The van der Waals surface area contributed by atoms with Gasteiger partial charge in [0.1, 0.15) is 0 Å². The van der Waals surface area contributed by atoms with E-state index in [9.17, 15) is 0 Å². The van der Waals surface area contributed by atoms with Gasteiger partial charge in [-0.3, -0.25) is 0 Å². The highest BCUT2D eigenvalue weighted by atomic mass is 14.9. The molecular weight excluding hydrogens is 194 g/mol. The van der Waals surface area contributed by atoms with Crippen molar-refractivity contribution in [1.29, 1.82) is 0 Å². The van der Waals surface area contributed by atoms with Gasteiger partial charge in [0, 0.05) is 11.4 Å². The third-order valence-electron chi connectivity index (χ3n) is 1.81. The normalized spacial score (nSPS) is 13.4. The van der Waals surface area contributed by atoms with E-state index < -0.39 is 0 Å². The summed E-state index contributed by atoms with van der Waals surface area (Å²) in [6.45, 7) is 11.5. The zero-order valence-corrected chi connectivity index (χ0v) is 10.2. The largest absolute Gasteiger partial charge is 0.356 e. The van der Waals surface area contributed by atoms with Gasteiger partial charge in [0.2, 0.25) is 0 Å². The van der Waals surface area contributed by atoms with Gasteiger partial charge in [-0.1, -0.05) is 44.4 Å². The lowest BCUT2D eigenvalue weighted by Crippen LogP contribution is -2.09. The Bertz CT molecular complexity index is 327. The Hall–Kier alpha value is -1.76. The molecule has 1 heteroatoms. The summed E-state index contributed by atoms with van der Waals surface area (Å²) >= 11 is 0. The van der Waals surface area contributed by atoms with Crippen molar-refractivity contribution in [2.24, 2.45) is 0 Å². The third-order valence-corrected chi connectivity index (χ3v) is 1.81. The fraction of sp³-hybridized carbons (Fsp3) is 0.200.